The third-order valence-corrected chi connectivity index (χ3v) is 4.43. The first-order valence-corrected chi connectivity index (χ1v) is 8.90. The molecule has 0 aliphatic rings. The quantitative estimate of drug-likeness (QED) is 0.610. The number of carboxylic acids is 1. The lowest BCUT2D eigenvalue weighted by molar-refractivity contribution is -0.137. The van der Waals surface area contributed by atoms with Crippen molar-refractivity contribution in [1.82, 2.24) is 4.57 Å². The van der Waals surface area contributed by atoms with Gasteiger partial charge in [-0.25, -0.2) is 4.79 Å². The van der Waals surface area contributed by atoms with Gasteiger partial charge in [0.05, 0.1) is 28.3 Å². The van der Waals surface area contributed by atoms with Gasteiger partial charge in [0.2, 0.25) is 5.91 Å². The van der Waals surface area contributed by atoms with Crippen LogP contribution in [0.4, 0.5) is 13.2 Å². The molecule has 30 heavy (non-hydrogen) atoms. The minimum Gasteiger partial charge on any atom is -0.478 e. The Kier molecular flexibility index (Phi) is 7.47. The van der Waals surface area contributed by atoms with Gasteiger partial charge in [-0.05, 0) is 36.4 Å². The first-order chi connectivity index (χ1) is 14.1. The van der Waals surface area contributed by atoms with Gasteiger partial charge < -0.3 is 20.1 Å². The summed E-state index contributed by atoms with van der Waals surface area (Å²) in [5, 5.41) is 10.2. The largest absolute Gasteiger partial charge is 0.478 e. The predicted molar refractivity (Wildman–Crippen MR) is 106 cm³/mol. The van der Waals surface area contributed by atoms with Crippen molar-refractivity contribution in [3.05, 3.63) is 70.4 Å². The molecule has 1 heterocycles. The third kappa shape index (κ3) is 5.52. The molecule has 1 amide bonds. The molecule has 0 spiro atoms. The van der Waals surface area contributed by atoms with Crippen LogP contribution in [0.15, 0.2) is 48.7 Å². The number of nitrogens with two attached hydrogens (primary N) is 1. The normalized spacial score (nSPS) is 11.1. The summed E-state index contributed by atoms with van der Waals surface area (Å²) in [4.78, 5) is 21.7. The van der Waals surface area contributed by atoms with Gasteiger partial charge in [-0.1, -0.05) is 17.7 Å². The van der Waals surface area contributed by atoms with Gasteiger partial charge in [-0.2, -0.15) is 13.2 Å². The Bertz CT molecular complexity index is 1050. The Labute approximate surface area is 174 Å². The SMILES string of the molecule is COCCn1cc(C(=O)O)c2c(Cl)cccc21.NC(=O)c1ccc(C(F)(F)F)cc1. The van der Waals surface area contributed by atoms with Crippen LogP contribution in [0.5, 0.6) is 0 Å². The average Bonchev–Trinajstić information content (AvgIpc) is 3.06. The zero-order valence-electron chi connectivity index (χ0n) is 15.7. The number of aromatic carboxylic acids is 1. The molecule has 0 bridgehead atoms. The standard InChI is InChI=1S/C12H12ClNO3.C8H6F3NO/c1-17-6-5-14-7-8(12(15)16)11-9(13)3-2-4-10(11)14;9-8(10,11)6-3-1-5(2-4-6)7(12)13/h2-4,7H,5-6H2,1H3,(H,15,16);1-4H,(H2,12,13). The molecule has 0 radical (unpaired) electrons. The smallest absolute Gasteiger partial charge is 0.416 e. The molecule has 0 fully saturated rings. The number of methoxy groups -OCH3 is 1. The maximum atomic E-state index is 12.0. The Morgan fingerprint density at radius 2 is 1.80 bits per heavy atom. The van der Waals surface area contributed by atoms with Crippen molar-refractivity contribution in [1.29, 1.82) is 0 Å². The number of halogens is 4. The van der Waals surface area contributed by atoms with E-state index in [0.717, 1.165) is 29.8 Å². The van der Waals surface area contributed by atoms with Gasteiger partial charge in [0, 0.05) is 30.8 Å². The third-order valence-electron chi connectivity index (χ3n) is 4.12. The van der Waals surface area contributed by atoms with E-state index >= 15 is 0 Å². The fourth-order valence-electron chi connectivity index (χ4n) is 2.67. The van der Waals surface area contributed by atoms with Gasteiger partial charge in [-0.3, -0.25) is 4.79 Å². The Morgan fingerprint density at radius 3 is 2.30 bits per heavy atom. The van der Waals surface area contributed by atoms with Gasteiger partial charge in [0.25, 0.3) is 0 Å². The maximum absolute atomic E-state index is 12.0. The first-order valence-electron chi connectivity index (χ1n) is 8.53. The number of aromatic nitrogens is 1. The number of amides is 1. The summed E-state index contributed by atoms with van der Waals surface area (Å²) < 4.78 is 42.8. The van der Waals surface area contributed by atoms with Crippen LogP contribution in [0.2, 0.25) is 5.02 Å². The first kappa shape index (κ1) is 23.2. The van der Waals surface area contributed by atoms with Gasteiger partial charge in [-0.15, -0.1) is 0 Å². The van der Waals surface area contributed by atoms with Crippen molar-refractivity contribution in [2.24, 2.45) is 5.73 Å². The maximum Gasteiger partial charge on any atom is 0.416 e. The van der Waals surface area contributed by atoms with Gasteiger partial charge >= 0.3 is 12.1 Å². The molecular formula is C20H18ClF3N2O4. The van der Waals surface area contributed by atoms with Crippen LogP contribution in [-0.2, 0) is 17.5 Å². The predicted octanol–water partition coefficient (Wildman–Crippen LogP) is 4.44. The number of primary amides is 1. The number of hydrogen-bond acceptors (Lipinski definition) is 3. The number of carboxylic acid groups (broad SMARTS) is 1. The minimum atomic E-state index is -4.38. The van der Waals surface area contributed by atoms with E-state index in [4.69, 9.17) is 27.2 Å². The molecule has 0 saturated carbocycles. The molecule has 3 aromatic rings. The highest BCUT2D eigenvalue weighted by Gasteiger charge is 2.30. The minimum absolute atomic E-state index is 0.0630. The molecule has 1 aromatic heterocycles. The van der Waals surface area contributed by atoms with Crippen molar-refractivity contribution in [2.75, 3.05) is 13.7 Å². The van der Waals surface area contributed by atoms with Crippen LogP contribution >= 0.6 is 11.6 Å². The highest BCUT2D eigenvalue weighted by molar-refractivity contribution is 6.36. The van der Waals surface area contributed by atoms with Crippen LogP contribution in [-0.4, -0.2) is 35.3 Å². The zero-order valence-corrected chi connectivity index (χ0v) is 16.5. The molecule has 0 saturated heterocycles. The molecule has 10 heteroatoms. The second-order valence-corrected chi connectivity index (χ2v) is 6.51. The van der Waals surface area contributed by atoms with Crippen molar-refractivity contribution in [3.8, 4) is 0 Å². The highest BCUT2D eigenvalue weighted by atomic mass is 35.5. The highest BCUT2D eigenvalue weighted by Crippen LogP contribution is 2.29. The average molecular weight is 443 g/mol. The van der Waals surface area contributed by atoms with Crippen LogP contribution in [0.25, 0.3) is 10.9 Å². The Balaban J connectivity index is 0.000000222. The Morgan fingerprint density at radius 1 is 1.17 bits per heavy atom. The lowest BCUT2D eigenvalue weighted by Crippen LogP contribution is -2.11. The van der Waals surface area contributed by atoms with E-state index in [2.05, 4.69) is 0 Å². The summed E-state index contributed by atoms with van der Waals surface area (Å²) in [6.07, 6.45) is -2.78. The number of rotatable bonds is 5. The van der Waals surface area contributed by atoms with E-state index in [9.17, 15) is 22.8 Å². The number of benzene rings is 2. The van der Waals surface area contributed by atoms with Crippen molar-refractivity contribution in [3.63, 3.8) is 0 Å². The molecule has 0 unspecified atom stereocenters. The molecule has 6 nitrogen and oxygen atoms in total. The fourth-order valence-corrected chi connectivity index (χ4v) is 2.94. The summed E-state index contributed by atoms with van der Waals surface area (Å²) in [5.74, 6) is -1.71. The second kappa shape index (κ2) is 9.64. The van der Waals surface area contributed by atoms with Gasteiger partial charge in [0.15, 0.2) is 0 Å². The van der Waals surface area contributed by atoms with Crippen molar-refractivity contribution < 1.29 is 32.6 Å². The number of carbonyl (C=O) groups is 2. The van der Waals surface area contributed by atoms with Crippen molar-refractivity contribution in [2.45, 2.75) is 12.7 Å². The summed E-state index contributed by atoms with van der Waals surface area (Å²) in [7, 11) is 1.61. The van der Waals surface area contributed by atoms with E-state index in [0.29, 0.717) is 23.6 Å². The molecule has 3 N–H and O–H groups in total. The number of nitrogens with zero attached hydrogens (tertiary/aromatic N) is 1. The van der Waals surface area contributed by atoms with Crippen LogP contribution < -0.4 is 5.73 Å². The lowest BCUT2D eigenvalue weighted by Gasteiger charge is -2.05. The molecule has 160 valence electrons. The number of ether oxygens (including phenoxy) is 1. The lowest BCUT2D eigenvalue weighted by atomic mass is 10.1. The number of carbonyl (C=O) groups excluding carboxylic acids is 1. The van der Waals surface area contributed by atoms with E-state index in [1.54, 1.807) is 25.4 Å². The topological polar surface area (TPSA) is 94.6 Å². The monoisotopic (exact) mass is 442 g/mol. The molecule has 2 aromatic carbocycles. The van der Waals surface area contributed by atoms with E-state index in [-0.39, 0.29) is 11.1 Å². The van der Waals surface area contributed by atoms with Crippen molar-refractivity contribution >= 4 is 34.4 Å². The van der Waals surface area contributed by atoms with E-state index in [1.807, 2.05) is 10.6 Å². The summed E-state index contributed by atoms with van der Waals surface area (Å²) in [6, 6.07) is 9.08. The second-order valence-electron chi connectivity index (χ2n) is 6.11. The van der Waals surface area contributed by atoms with Crippen LogP contribution in [0.1, 0.15) is 26.3 Å². The fraction of sp³-hybridized carbons (Fsp3) is 0.200. The van der Waals surface area contributed by atoms with Gasteiger partial charge in [0.1, 0.15) is 0 Å². The molecule has 0 aliphatic carbocycles. The molecule has 3 rings (SSSR count). The van der Waals surface area contributed by atoms with E-state index in [1.165, 1.54) is 0 Å². The number of hydrogen-bond donors (Lipinski definition) is 2. The molecular weight excluding hydrogens is 425 g/mol. The van der Waals surface area contributed by atoms with Crippen LogP contribution in [0.3, 0.4) is 0 Å². The Hall–Kier alpha value is -3.04. The summed E-state index contributed by atoms with van der Waals surface area (Å²) in [5.41, 5.74) is 5.16. The molecule has 0 atom stereocenters. The number of alkyl halides is 3. The zero-order chi connectivity index (χ0) is 22.5. The summed E-state index contributed by atoms with van der Waals surface area (Å²) in [6.45, 7) is 1.12. The number of fused-ring (bicyclic) bond motifs is 1. The summed E-state index contributed by atoms with van der Waals surface area (Å²) >= 11 is 6.05. The molecule has 0 aliphatic heterocycles. The van der Waals surface area contributed by atoms with E-state index < -0.39 is 23.6 Å². The van der Waals surface area contributed by atoms with Crippen LogP contribution in [0, 0.1) is 0 Å².